The summed E-state index contributed by atoms with van der Waals surface area (Å²) in [4.78, 5) is 28.4. The number of nitrogens with two attached hydrogens (primary N) is 1. The molecule has 1 fully saturated rings. The summed E-state index contributed by atoms with van der Waals surface area (Å²) in [7, 11) is -2.71. The van der Waals surface area contributed by atoms with E-state index in [-0.39, 0.29) is 16.4 Å². The third-order valence-corrected chi connectivity index (χ3v) is 6.06. The lowest BCUT2D eigenvalue weighted by Gasteiger charge is -2.37. The van der Waals surface area contributed by atoms with E-state index < -0.39 is 16.0 Å². The van der Waals surface area contributed by atoms with Crippen molar-refractivity contribution in [1.82, 2.24) is 4.90 Å². The van der Waals surface area contributed by atoms with Gasteiger partial charge in [0, 0.05) is 26.2 Å². The number of rotatable bonds is 5. The second-order valence-electron chi connectivity index (χ2n) is 7.25. The Labute approximate surface area is 176 Å². The Kier molecular flexibility index (Phi) is 6.42. The van der Waals surface area contributed by atoms with Crippen LogP contribution in [0.1, 0.15) is 21.5 Å². The SMILES string of the molecule is COC(=O)c1cc(S(N)(=O)=O)ccc1N1CCN(C(=O)Cc2ccc(C)cc2)CC1. The Bertz CT molecular complexity index is 1040. The van der Waals surface area contributed by atoms with Crippen molar-refractivity contribution in [2.75, 3.05) is 38.2 Å². The molecule has 0 aliphatic carbocycles. The number of nitrogens with zero attached hydrogens (tertiary/aromatic N) is 2. The molecule has 0 aromatic heterocycles. The molecule has 0 atom stereocenters. The van der Waals surface area contributed by atoms with Crippen LogP contribution in [0.15, 0.2) is 47.4 Å². The van der Waals surface area contributed by atoms with Gasteiger partial charge in [-0.05, 0) is 30.7 Å². The van der Waals surface area contributed by atoms with Crippen molar-refractivity contribution in [2.24, 2.45) is 5.14 Å². The number of piperazine rings is 1. The highest BCUT2D eigenvalue weighted by Gasteiger charge is 2.25. The summed E-state index contributed by atoms with van der Waals surface area (Å²) in [6, 6.07) is 12.0. The van der Waals surface area contributed by atoms with Gasteiger partial charge in [0.05, 0.1) is 29.7 Å². The van der Waals surface area contributed by atoms with E-state index in [2.05, 4.69) is 0 Å². The number of amides is 1. The molecule has 9 heteroatoms. The molecule has 3 rings (SSSR count). The lowest BCUT2D eigenvalue weighted by Crippen LogP contribution is -2.49. The molecule has 0 spiro atoms. The van der Waals surface area contributed by atoms with E-state index in [4.69, 9.17) is 9.88 Å². The smallest absolute Gasteiger partial charge is 0.340 e. The van der Waals surface area contributed by atoms with E-state index in [1.54, 1.807) is 11.0 Å². The number of esters is 1. The normalized spacial score (nSPS) is 14.5. The maximum absolute atomic E-state index is 12.6. The van der Waals surface area contributed by atoms with E-state index in [0.29, 0.717) is 38.3 Å². The number of primary sulfonamides is 1. The molecule has 2 aromatic rings. The molecule has 0 bridgehead atoms. The van der Waals surface area contributed by atoms with E-state index in [0.717, 1.165) is 11.1 Å². The third kappa shape index (κ3) is 4.98. The van der Waals surface area contributed by atoms with Crippen molar-refractivity contribution >= 4 is 27.6 Å². The van der Waals surface area contributed by atoms with Gasteiger partial charge in [0.1, 0.15) is 0 Å². The van der Waals surface area contributed by atoms with Crippen LogP contribution in [0.3, 0.4) is 0 Å². The summed E-state index contributed by atoms with van der Waals surface area (Å²) in [5.41, 5.74) is 2.80. The van der Waals surface area contributed by atoms with Gasteiger partial charge in [-0.1, -0.05) is 29.8 Å². The van der Waals surface area contributed by atoms with Gasteiger partial charge in [0.25, 0.3) is 0 Å². The number of benzene rings is 2. The van der Waals surface area contributed by atoms with Crippen LogP contribution in [0.4, 0.5) is 5.69 Å². The molecule has 8 nitrogen and oxygen atoms in total. The number of hydrogen-bond donors (Lipinski definition) is 1. The zero-order valence-corrected chi connectivity index (χ0v) is 17.8. The van der Waals surface area contributed by atoms with Crippen LogP contribution in [-0.2, 0) is 26.0 Å². The number of sulfonamides is 1. The van der Waals surface area contributed by atoms with Crippen LogP contribution < -0.4 is 10.0 Å². The van der Waals surface area contributed by atoms with Crippen LogP contribution in [0, 0.1) is 6.92 Å². The topological polar surface area (TPSA) is 110 Å². The van der Waals surface area contributed by atoms with E-state index in [1.807, 2.05) is 36.1 Å². The predicted molar refractivity (Wildman–Crippen MR) is 113 cm³/mol. The van der Waals surface area contributed by atoms with Crippen LogP contribution in [-0.4, -0.2) is 58.5 Å². The number of aryl methyl sites for hydroxylation is 1. The molecule has 160 valence electrons. The zero-order chi connectivity index (χ0) is 21.9. The summed E-state index contributed by atoms with van der Waals surface area (Å²) in [6.07, 6.45) is 0.344. The number of carbonyl (C=O) groups is 2. The van der Waals surface area contributed by atoms with Gasteiger partial charge in [0.15, 0.2) is 0 Å². The highest BCUT2D eigenvalue weighted by atomic mass is 32.2. The molecular formula is C21H25N3O5S. The number of hydrogen-bond acceptors (Lipinski definition) is 6. The van der Waals surface area contributed by atoms with Crippen LogP contribution in [0.2, 0.25) is 0 Å². The van der Waals surface area contributed by atoms with Crippen molar-refractivity contribution in [3.63, 3.8) is 0 Å². The highest BCUT2D eigenvalue weighted by Crippen LogP contribution is 2.26. The first kappa shape index (κ1) is 21.8. The molecule has 0 saturated carbocycles. The second kappa shape index (κ2) is 8.85. The standard InChI is InChI=1S/C21H25N3O5S/c1-15-3-5-16(6-4-15)13-20(25)24-11-9-23(10-12-24)19-8-7-17(30(22,27)28)14-18(19)21(26)29-2/h3-8,14H,9-13H2,1-2H3,(H2,22,27,28). The average molecular weight is 432 g/mol. The van der Waals surface area contributed by atoms with E-state index in [1.165, 1.54) is 19.2 Å². The fourth-order valence-electron chi connectivity index (χ4n) is 3.43. The van der Waals surface area contributed by atoms with Crippen LogP contribution in [0.5, 0.6) is 0 Å². The molecule has 30 heavy (non-hydrogen) atoms. The molecule has 2 N–H and O–H groups in total. The Morgan fingerprint density at radius 1 is 1.03 bits per heavy atom. The second-order valence-corrected chi connectivity index (χ2v) is 8.81. The predicted octanol–water partition coefficient (Wildman–Crippen LogP) is 1.32. The summed E-state index contributed by atoms with van der Waals surface area (Å²) >= 11 is 0. The summed E-state index contributed by atoms with van der Waals surface area (Å²) < 4.78 is 28.1. The molecule has 1 heterocycles. The lowest BCUT2D eigenvalue weighted by atomic mass is 10.1. The van der Waals surface area contributed by atoms with Crippen molar-refractivity contribution in [1.29, 1.82) is 0 Å². The summed E-state index contributed by atoms with van der Waals surface area (Å²) in [5.74, 6) is -0.593. The monoisotopic (exact) mass is 431 g/mol. The van der Waals surface area contributed by atoms with Crippen molar-refractivity contribution in [3.8, 4) is 0 Å². The Hall–Kier alpha value is -2.91. The summed E-state index contributed by atoms with van der Waals surface area (Å²) in [6.45, 7) is 4.03. The van der Waals surface area contributed by atoms with Gasteiger partial charge in [-0.2, -0.15) is 0 Å². The number of carbonyl (C=O) groups excluding carboxylic acids is 2. The molecule has 0 unspecified atom stereocenters. The highest BCUT2D eigenvalue weighted by molar-refractivity contribution is 7.89. The first-order chi connectivity index (χ1) is 14.2. The fraction of sp³-hybridized carbons (Fsp3) is 0.333. The minimum atomic E-state index is -3.95. The van der Waals surface area contributed by atoms with Gasteiger partial charge in [0.2, 0.25) is 15.9 Å². The molecule has 1 aliphatic heterocycles. The minimum absolute atomic E-state index is 0.0521. The van der Waals surface area contributed by atoms with Gasteiger partial charge < -0.3 is 14.5 Å². The Morgan fingerprint density at radius 3 is 2.23 bits per heavy atom. The van der Waals surface area contributed by atoms with Gasteiger partial charge in [-0.15, -0.1) is 0 Å². The van der Waals surface area contributed by atoms with Crippen LogP contribution >= 0.6 is 0 Å². The maximum Gasteiger partial charge on any atom is 0.340 e. The lowest BCUT2D eigenvalue weighted by molar-refractivity contribution is -0.130. The quantitative estimate of drug-likeness (QED) is 0.715. The van der Waals surface area contributed by atoms with Crippen molar-refractivity contribution < 1.29 is 22.7 Å². The molecule has 0 radical (unpaired) electrons. The zero-order valence-electron chi connectivity index (χ0n) is 17.0. The summed E-state index contributed by atoms with van der Waals surface area (Å²) in [5, 5.41) is 5.18. The number of anilines is 1. The third-order valence-electron chi connectivity index (χ3n) is 5.15. The van der Waals surface area contributed by atoms with Gasteiger partial charge >= 0.3 is 5.97 Å². The Morgan fingerprint density at radius 2 is 1.67 bits per heavy atom. The van der Waals surface area contributed by atoms with Gasteiger partial charge in [-0.3, -0.25) is 4.79 Å². The fourth-order valence-corrected chi connectivity index (χ4v) is 3.97. The maximum atomic E-state index is 12.6. The first-order valence-electron chi connectivity index (χ1n) is 9.52. The molecule has 1 saturated heterocycles. The first-order valence-corrected chi connectivity index (χ1v) is 11.1. The molecule has 1 aliphatic rings. The van der Waals surface area contributed by atoms with E-state index >= 15 is 0 Å². The van der Waals surface area contributed by atoms with Gasteiger partial charge in [-0.25, -0.2) is 18.4 Å². The largest absolute Gasteiger partial charge is 0.465 e. The van der Waals surface area contributed by atoms with Crippen molar-refractivity contribution in [3.05, 3.63) is 59.2 Å². The molecular weight excluding hydrogens is 406 g/mol. The number of methoxy groups -OCH3 is 1. The average Bonchev–Trinajstić information content (AvgIpc) is 2.74. The molecule has 2 aromatic carbocycles. The Balaban J connectivity index is 1.71. The van der Waals surface area contributed by atoms with Crippen molar-refractivity contribution in [2.45, 2.75) is 18.2 Å². The van der Waals surface area contributed by atoms with Crippen LogP contribution in [0.25, 0.3) is 0 Å². The minimum Gasteiger partial charge on any atom is -0.465 e. The molecule has 1 amide bonds. The van der Waals surface area contributed by atoms with E-state index in [9.17, 15) is 18.0 Å². The number of ether oxygens (including phenoxy) is 1.